The molecule has 0 bridgehead atoms. The number of hydrogen-bond acceptors (Lipinski definition) is 3. The predicted octanol–water partition coefficient (Wildman–Crippen LogP) is 3.09. The van der Waals surface area contributed by atoms with Crippen LogP contribution >= 0.6 is 11.3 Å². The average molecular weight is 289 g/mol. The SMILES string of the molecule is CC1CCc2c(C(=O)NC(C)c3cn[nH]c3)csc2C1. The summed E-state index contributed by atoms with van der Waals surface area (Å²) in [5.41, 5.74) is 3.13. The number of thiophene rings is 1. The van der Waals surface area contributed by atoms with Gasteiger partial charge < -0.3 is 5.32 Å². The van der Waals surface area contributed by atoms with Crippen LogP contribution in [-0.2, 0) is 12.8 Å². The van der Waals surface area contributed by atoms with Crippen molar-refractivity contribution in [2.45, 2.75) is 39.2 Å². The van der Waals surface area contributed by atoms with Gasteiger partial charge in [0.1, 0.15) is 0 Å². The van der Waals surface area contributed by atoms with E-state index in [9.17, 15) is 4.79 Å². The summed E-state index contributed by atoms with van der Waals surface area (Å²) in [7, 11) is 0. The second kappa shape index (κ2) is 5.40. The molecule has 4 nitrogen and oxygen atoms in total. The number of carbonyl (C=O) groups excluding carboxylic acids is 1. The third-order valence-corrected chi connectivity index (χ3v) is 5.06. The van der Waals surface area contributed by atoms with Gasteiger partial charge in [0.2, 0.25) is 0 Å². The number of carbonyl (C=O) groups is 1. The maximum Gasteiger partial charge on any atom is 0.252 e. The number of hydrogen-bond donors (Lipinski definition) is 2. The minimum absolute atomic E-state index is 0.0284. The van der Waals surface area contributed by atoms with Gasteiger partial charge in [0, 0.05) is 22.0 Å². The minimum atomic E-state index is -0.0284. The molecule has 0 aromatic carbocycles. The number of aromatic nitrogens is 2. The molecule has 1 amide bonds. The van der Waals surface area contributed by atoms with Crippen LogP contribution in [0.2, 0.25) is 0 Å². The van der Waals surface area contributed by atoms with Crippen molar-refractivity contribution in [3.63, 3.8) is 0 Å². The Kier molecular flexibility index (Phi) is 3.61. The summed E-state index contributed by atoms with van der Waals surface area (Å²) in [6.45, 7) is 4.26. The number of rotatable bonds is 3. The number of nitrogens with one attached hydrogen (secondary N) is 2. The number of H-pyrrole nitrogens is 1. The van der Waals surface area contributed by atoms with E-state index in [1.165, 1.54) is 16.9 Å². The Balaban J connectivity index is 1.75. The maximum atomic E-state index is 12.4. The topological polar surface area (TPSA) is 57.8 Å². The van der Waals surface area contributed by atoms with E-state index < -0.39 is 0 Å². The van der Waals surface area contributed by atoms with Crippen LogP contribution in [0.15, 0.2) is 17.8 Å². The molecule has 2 N–H and O–H groups in total. The molecule has 1 aliphatic carbocycles. The predicted molar refractivity (Wildman–Crippen MR) is 80.0 cm³/mol. The molecule has 2 unspecified atom stereocenters. The Hall–Kier alpha value is -1.62. The molecule has 0 saturated carbocycles. The van der Waals surface area contributed by atoms with Gasteiger partial charge in [0.15, 0.2) is 0 Å². The summed E-state index contributed by atoms with van der Waals surface area (Å²) < 4.78 is 0. The van der Waals surface area contributed by atoms with Gasteiger partial charge in [-0.3, -0.25) is 9.89 Å². The first-order valence-electron chi connectivity index (χ1n) is 7.04. The summed E-state index contributed by atoms with van der Waals surface area (Å²) in [5, 5.41) is 11.8. The van der Waals surface area contributed by atoms with Gasteiger partial charge in [0.05, 0.1) is 17.8 Å². The lowest BCUT2D eigenvalue weighted by Gasteiger charge is -2.19. The van der Waals surface area contributed by atoms with Gasteiger partial charge in [-0.2, -0.15) is 5.10 Å². The number of nitrogens with zero attached hydrogens (tertiary/aromatic N) is 1. The second-order valence-electron chi connectivity index (χ2n) is 5.63. The van der Waals surface area contributed by atoms with Gasteiger partial charge in [-0.15, -0.1) is 11.3 Å². The first-order chi connectivity index (χ1) is 9.65. The van der Waals surface area contributed by atoms with Gasteiger partial charge >= 0.3 is 0 Å². The van der Waals surface area contributed by atoms with Gasteiger partial charge in [0.25, 0.3) is 5.91 Å². The number of aromatic amines is 1. The molecule has 0 fully saturated rings. The molecule has 2 aromatic rings. The van der Waals surface area contributed by atoms with Crippen LogP contribution in [0, 0.1) is 5.92 Å². The number of amides is 1. The molecule has 5 heteroatoms. The van der Waals surface area contributed by atoms with Gasteiger partial charge in [-0.25, -0.2) is 0 Å². The Morgan fingerprint density at radius 1 is 1.60 bits per heavy atom. The standard InChI is InChI=1S/C15H19N3OS/c1-9-3-4-12-13(8-20-14(12)5-9)15(19)18-10(2)11-6-16-17-7-11/h6-10H,3-5H2,1-2H3,(H,16,17)(H,18,19). The third-order valence-electron chi connectivity index (χ3n) is 4.01. The van der Waals surface area contributed by atoms with Crippen LogP contribution in [0.3, 0.4) is 0 Å². The van der Waals surface area contributed by atoms with Crippen LogP contribution < -0.4 is 5.32 Å². The fraction of sp³-hybridized carbons (Fsp3) is 0.467. The van der Waals surface area contributed by atoms with Crippen molar-refractivity contribution in [3.8, 4) is 0 Å². The zero-order valence-corrected chi connectivity index (χ0v) is 12.6. The molecular formula is C15H19N3OS. The van der Waals surface area contributed by atoms with Crippen molar-refractivity contribution in [3.05, 3.63) is 39.3 Å². The lowest BCUT2D eigenvalue weighted by Crippen LogP contribution is -2.27. The molecule has 0 spiro atoms. The highest BCUT2D eigenvalue weighted by Gasteiger charge is 2.24. The van der Waals surface area contributed by atoms with E-state index in [2.05, 4.69) is 22.4 Å². The monoisotopic (exact) mass is 289 g/mol. The molecule has 0 saturated heterocycles. The van der Waals surface area contributed by atoms with Gasteiger partial charge in [-0.1, -0.05) is 6.92 Å². The summed E-state index contributed by atoms with van der Waals surface area (Å²) in [6.07, 6.45) is 6.89. The molecule has 1 aliphatic rings. The van der Waals surface area contributed by atoms with Crippen LogP contribution in [0.5, 0.6) is 0 Å². The fourth-order valence-electron chi connectivity index (χ4n) is 2.72. The zero-order valence-electron chi connectivity index (χ0n) is 11.8. The molecule has 2 atom stereocenters. The summed E-state index contributed by atoms with van der Waals surface area (Å²) in [6, 6.07) is -0.0284. The van der Waals surface area contributed by atoms with Crippen molar-refractivity contribution in [2.24, 2.45) is 5.92 Å². The normalized spacial score (nSPS) is 19.4. The van der Waals surface area contributed by atoms with Crippen LogP contribution in [0.4, 0.5) is 0 Å². The van der Waals surface area contributed by atoms with Crippen LogP contribution in [0.25, 0.3) is 0 Å². The smallest absolute Gasteiger partial charge is 0.252 e. The largest absolute Gasteiger partial charge is 0.345 e. The fourth-order valence-corrected chi connectivity index (χ4v) is 3.97. The third kappa shape index (κ3) is 2.50. The second-order valence-corrected chi connectivity index (χ2v) is 6.59. The Morgan fingerprint density at radius 3 is 3.20 bits per heavy atom. The highest BCUT2D eigenvalue weighted by Crippen LogP contribution is 2.33. The molecular weight excluding hydrogens is 270 g/mol. The summed E-state index contributed by atoms with van der Waals surface area (Å²) in [5.74, 6) is 0.771. The first kappa shape index (κ1) is 13.4. The summed E-state index contributed by atoms with van der Waals surface area (Å²) in [4.78, 5) is 13.8. The van der Waals surface area contributed by atoms with Crippen molar-refractivity contribution < 1.29 is 4.79 Å². The minimum Gasteiger partial charge on any atom is -0.345 e. The Labute approximate surface area is 122 Å². The zero-order chi connectivity index (χ0) is 14.1. The van der Waals surface area contributed by atoms with E-state index >= 15 is 0 Å². The van der Waals surface area contributed by atoms with Crippen molar-refractivity contribution in [1.82, 2.24) is 15.5 Å². The highest BCUT2D eigenvalue weighted by atomic mass is 32.1. The lowest BCUT2D eigenvalue weighted by atomic mass is 9.88. The van der Waals surface area contributed by atoms with Crippen LogP contribution in [0.1, 0.15) is 52.7 Å². The highest BCUT2D eigenvalue weighted by molar-refractivity contribution is 7.10. The van der Waals surface area contributed by atoms with E-state index in [4.69, 9.17) is 0 Å². The van der Waals surface area contributed by atoms with E-state index in [-0.39, 0.29) is 11.9 Å². The van der Waals surface area contributed by atoms with Crippen LogP contribution in [-0.4, -0.2) is 16.1 Å². The molecule has 0 radical (unpaired) electrons. The molecule has 0 aliphatic heterocycles. The van der Waals surface area contributed by atoms with Crippen molar-refractivity contribution >= 4 is 17.2 Å². The number of fused-ring (bicyclic) bond motifs is 1. The molecule has 3 rings (SSSR count). The van der Waals surface area contributed by atoms with E-state index in [0.29, 0.717) is 0 Å². The average Bonchev–Trinajstić information content (AvgIpc) is 3.07. The van der Waals surface area contributed by atoms with E-state index in [1.807, 2.05) is 18.5 Å². The molecule has 2 aromatic heterocycles. The summed E-state index contributed by atoms with van der Waals surface area (Å²) >= 11 is 1.73. The quantitative estimate of drug-likeness (QED) is 0.912. The Bertz CT molecular complexity index is 603. The van der Waals surface area contributed by atoms with Crippen molar-refractivity contribution in [2.75, 3.05) is 0 Å². The van der Waals surface area contributed by atoms with E-state index in [1.54, 1.807) is 17.5 Å². The molecule has 106 valence electrons. The maximum absolute atomic E-state index is 12.4. The van der Waals surface area contributed by atoms with E-state index in [0.717, 1.165) is 29.9 Å². The Morgan fingerprint density at radius 2 is 2.45 bits per heavy atom. The van der Waals surface area contributed by atoms with Crippen molar-refractivity contribution in [1.29, 1.82) is 0 Å². The molecule has 2 heterocycles. The first-order valence-corrected chi connectivity index (χ1v) is 7.92. The van der Waals surface area contributed by atoms with Gasteiger partial charge in [-0.05, 0) is 37.7 Å². The molecule has 20 heavy (non-hydrogen) atoms. The lowest BCUT2D eigenvalue weighted by molar-refractivity contribution is 0.0939.